The van der Waals surface area contributed by atoms with Gasteiger partial charge in [-0.05, 0) is 36.4 Å². The summed E-state index contributed by atoms with van der Waals surface area (Å²) < 4.78 is 39.8. The summed E-state index contributed by atoms with van der Waals surface area (Å²) in [6.45, 7) is 0. The SMILES string of the molecule is O=C(NNc1ccc(OC(F)(F)F)cc1)Nc1cccnc1Cl. The van der Waals surface area contributed by atoms with Crippen molar-refractivity contribution in [2.45, 2.75) is 6.36 Å². The highest BCUT2D eigenvalue weighted by atomic mass is 35.5. The maximum absolute atomic E-state index is 12.0. The van der Waals surface area contributed by atoms with Crippen molar-refractivity contribution < 1.29 is 22.7 Å². The van der Waals surface area contributed by atoms with Crippen molar-refractivity contribution in [3.05, 3.63) is 47.7 Å². The molecule has 23 heavy (non-hydrogen) atoms. The fourth-order valence-corrected chi connectivity index (χ4v) is 1.67. The number of aromatic nitrogens is 1. The maximum Gasteiger partial charge on any atom is 0.573 e. The van der Waals surface area contributed by atoms with E-state index in [0.29, 0.717) is 11.4 Å². The Morgan fingerprint density at radius 3 is 2.48 bits per heavy atom. The van der Waals surface area contributed by atoms with E-state index in [1.807, 2.05) is 0 Å². The van der Waals surface area contributed by atoms with Gasteiger partial charge in [-0.2, -0.15) is 0 Å². The van der Waals surface area contributed by atoms with Crippen molar-refractivity contribution in [2.24, 2.45) is 0 Å². The van der Waals surface area contributed by atoms with E-state index in [4.69, 9.17) is 11.6 Å². The van der Waals surface area contributed by atoms with E-state index >= 15 is 0 Å². The number of nitrogens with zero attached hydrogens (tertiary/aromatic N) is 1. The molecule has 10 heteroatoms. The van der Waals surface area contributed by atoms with Crippen LogP contribution in [0.2, 0.25) is 5.15 Å². The first-order chi connectivity index (χ1) is 10.8. The zero-order chi connectivity index (χ0) is 16.9. The fourth-order valence-electron chi connectivity index (χ4n) is 1.50. The average molecular weight is 347 g/mol. The minimum atomic E-state index is -4.75. The molecule has 1 aromatic heterocycles. The summed E-state index contributed by atoms with van der Waals surface area (Å²) in [5.74, 6) is -0.366. The second-order valence-corrected chi connectivity index (χ2v) is 4.48. The van der Waals surface area contributed by atoms with Crippen LogP contribution in [0.3, 0.4) is 0 Å². The van der Waals surface area contributed by atoms with Gasteiger partial charge in [0.2, 0.25) is 0 Å². The van der Waals surface area contributed by atoms with Crippen LogP contribution in [-0.2, 0) is 0 Å². The van der Waals surface area contributed by atoms with Crippen molar-refractivity contribution in [1.29, 1.82) is 0 Å². The van der Waals surface area contributed by atoms with E-state index in [2.05, 4.69) is 25.9 Å². The molecule has 0 saturated heterocycles. The summed E-state index contributed by atoms with van der Waals surface area (Å²) in [5.41, 5.74) is 5.47. The highest BCUT2D eigenvalue weighted by Crippen LogP contribution is 2.23. The predicted octanol–water partition coefficient (Wildman–Crippen LogP) is 3.78. The normalized spacial score (nSPS) is 10.8. The van der Waals surface area contributed by atoms with Gasteiger partial charge in [-0.1, -0.05) is 11.6 Å². The van der Waals surface area contributed by atoms with E-state index in [9.17, 15) is 18.0 Å². The number of carbonyl (C=O) groups excluding carboxylic acids is 1. The third-order valence-corrected chi connectivity index (χ3v) is 2.72. The van der Waals surface area contributed by atoms with Crippen molar-refractivity contribution >= 4 is 29.0 Å². The van der Waals surface area contributed by atoms with Gasteiger partial charge in [-0.3, -0.25) is 10.9 Å². The first-order valence-electron chi connectivity index (χ1n) is 6.13. The molecule has 0 spiro atoms. The van der Waals surface area contributed by atoms with Gasteiger partial charge in [0.1, 0.15) is 5.75 Å². The number of nitrogens with one attached hydrogen (secondary N) is 3. The Morgan fingerprint density at radius 2 is 1.87 bits per heavy atom. The average Bonchev–Trinajstić information content (AvgIpc) is 2.47. The molecule has 0 bridgehead atoms. The molecule has 2 rings (SSSR count). The maximum atomic E-state index is 12.0. The molecular weight excluding hydrogens is 337 g/mol. The van der Waals surface area contributed by atoms with Crippen LogP contribution in [0.1, 0.15) is 0 Å². The van der Waals surface area contributed by atoms with Crippen LogP contribution in [0.15, 0.2) is 42.6 Å². The van der Waals surface area contributed by atoms with E-state index in [0.717, 1.165) is 12.1 Å². The monoisotopic (exact) mass is 346 g/mol. The summed E-state index contributed by atoms with van der Waals surface area (Å²) in [4.78, 5) is 15.4. The number of carbonyl (C=O) groups is 1. The Labute approximate surface area is 133 Å². The number of benzene rings is 1. The van der Waals surface area contributed by atoms with Crippen molar-refractivity contribution in [1.82, 2.24) is 10.4 Å². The smallest absolute Gasteiger partial charge is 0.406 e. The minimum Gasteiger partial charge on any atom is -0.406 e. The topological polar surface area (TPSA) is 75.3 Å². The number of urea groups is 1. The Kier molecular flexibility index (Phi) is 5.12. The first kappa shape index (κ1) is 16.7. The number of halogens is 4. The van der Waals surface area contributed by atoms with Crippen LogP contribution < -0.4 is 20.9 Å². The second-order valence-electron chi connectivity index (χ2n) is 4.12. The summed E-state index contributed by atoms with van der Waals surface area (Å²) in [6.07, 6.45) is -3.29. The molecule has 122 valence electrons. The van der Waals surface area contributed by atoms with E-state index < -0.39 is 12.4 Å². The molecule has 1 heterocycles. The van der Waals surface area contributed by atoms with Gasteiger partial charge >= 0.3 is 12.4 Å². The number of ether oxygens (including phenoxy) is 1. The lowest BCUT2D eigenvalue weighted by atomic mass is 10.3. The molecule has 0 radical (unpaired) electrons. The zero-order valence-electron chi connectivity index (χ0n) is 11.3. The van der Waals surface area contributed by atoms with Crippen molar-refractivity contribution in [3.63, 3.8) is 0 Å². The van der Waals surface area contributed by atoms with Crippen LogP contribution in [0.5, 0.6) is 5.75 Å². The Balaban J connectivity index is 1.86. The Morgan fingerprint density at radius 1 is 1.17 bits per heavy atom. The molecule has 3 N–H and O–H groups in total. The molecule has 0 aliphatic heterocycles. The summed E-state index contributed by atoms with van der Waals surface area (Å²) in [7, 11) is 0. The highest BCUT2D eigenvalue weighted by molar-refractivity contribution is 6.32. The van der Waals surface area contributed by atoms with Gasteiger partial charge < -0.3 is 10.1 Å². The van der Waals surface area contributed by atoms with E-state index in [1.54, 1.807) is 12.1 Å². The largest absolute Gasteiger partial charge is 0.573 e. The number of rotatable bonds is 4. The molecule has 1 aromatic carbocycles. The Hall–Kier alpha value is -2.68. The minimum absolute atomic E-state index is 0.122. The molecule has 0 aliphatic carbocycles. The predicted molar refractivity (Wildman–Crippen MR) is 78.1 cm³/mol. The second kappa shape index (κ2) is 7.05. The van der Waals surface area contributed by atoms with E-state index in [-0.39, 0.29) is 10.9 Å². The number of pyridine rings is 1. The summed E-state index contributed by atoms with van der Waals surface area (Å²) >= 11 is 5.78. The lowest BCUT2D eigenvalue weighted by molar-refractivity contribution is -0.274. The van der Waals surface area contributed by atoms with Gasteiger partial charge in [0, 0.05) is 6.20 Å². The zero-order valence-corrected chi connectivity index (χ0v) is 12.1. The van der Waals surface area contributed by atoms with Gasteiger partial charge in [0.25, 0.3) is 0 Å². The summed E-state index contributed by atoms with van der Waals surface area (Å²) in [6, 6.07) is 7.33. The van der Waals surface area contributed by atoms with Crippen LogP contribution in [0, 0.1) is 0 Å². The van der Waals surface area contributed by atoms with Crippen LogP contribution >= 0.6 is 11.6 Å². The highest BCUT2D eigenvalue weighted by Gasteiger charge is 2.30. The van der Waals surface area contributed by atoms with Crippen molar-refractivity contribution in [3.8, 4) is 5.75 Å². The number of anilines is 2. The van der Waals surface area contributed by atoms with Gasteiger partial charge in [0.15, 0.2) is 5.15 Å². The van der Waals surface area contributed by atoms with Gasteiger partial charge in [-0.15, -0.1) is 13.2 Å². The fraction of sp³-hybridized carbons (Fsp3) is 0.0769. The standard InChI is InChI=1S/C13H10ClF3N4O2/c14-11-10(2-1-7-18-11)19-12(22)21-20-8-3-5-9(6-4-8)23-13(15,16)17/h1-7,20H,(H2,19,21,22). The third-order valence-electron chi connectivity index (χ3n) is 2.42. The van der Waals surface area contributed by atoms with Crippen LogP contribution in [0.25, 0.3) is 0 Å². The molecule has 6 nitrogen and oxygen atoms in total. The lowest BCUT2D eigenvalue weighted by Crippen LogP contribution is -2.33. The van der Waals surface area contributed by atoms with Gasteiger partial charge in [0.05, 0.1) is 11.4 Å². The molecule has 2 aromatic rings. The lowest BCUT2D eigenvalue weighted by Gasteiger charge is -2.12. The number of hydrazine groups is 1. The number of amides is 2. The molecule has 0 saturated carbocycles. The third kappa shape index (κ3) is 5.55. The molecule has 0 fully saturated rings. The quantitative estimate of drug-likeness (QED) is 0.581. The number of hydrogen-bond acceptors (Lipinski definition) is 4. The number of hydrogen-bond donors (Lipinski definition) is 3. The molecular formula is C13H10ClF3N4O2. The number of alkyl halides is 3. The van der Waals surface area contributed by atoms with Crippen LogP contribution in [-0.4, -0.2) is 17.4 Å². The molecule has 0 unspecified atom stereocenters. The molecule has 0 aliphatic rings. The molecule has 0 atom stereocenters. The van der Waals surface area contributed by atoms with E-state index in [1.165, 1.54) is 18.3 Å². The van der Waals surface area contributed by atoms with Gasteiger partial charge in [-0.25, -0.2) is 9.78 Å². The molecule has 2 amide bonds. The van der Waals surface area contributed by atoms with Crippen molar-refractivity contribution in [2.75, 3.05) is 10.7 Å². The Bertz CT molecular complexity index is 680. The van der Waals surface area contributed by atoms with Crippen LogP contribution in [0.4, 0.5) is 29.3 Å². The first-order valence-corrected chi connectivity index (χ1v) is 6.50. The summed E-state index contributed by atoms with van der Waals surface area (Å²) in [5, 5.41) is 2.56.